The summed E-state index contributed by atoms with van der Waals surface area (Å²) >= 11 is 0.828. The summed E-state index contributed by atoms with van der Waals surface area (Å²) in [5.41, 5.74) is -0.750. The van der Waals surface area contributed by atoms with E-state index in [1.54, 1.807) is 0 Å². The first-order valence-corrected chi connectivity index (χ1v) is 4.11. The monoisotopic (exact) mass is 173 g/mol. The first kappa shape index (κ1) is 10.2. The average molecular weight is 173 g/mol. The molecular formula is C4H9BF3OS-. The smallest absolute Gasteiger partial charge is 0.448 e. The van der Waals surface area contributed by atoms with Crippen molar-refractivity contribution in [1.82, 2.24) is 0 Å². The standard InChI is InChI=1S/C4H9BF3OS/c6-5(7,8)4-10-3-1-2-9/h9H,1-4H2/q-1. The van der Waals surface area contributed by atoms with E-state index in [-0.39, 0.29) is 6.61 Å². The van der Waals surface area contributed by atoms with Gasteiger partial charge < -0.3 is 18.1 Å². The molecule has 0 unspecified atom stereocenters. The van der Waals surface area contributed by atoms with Crippen molar-refractivity contribution >= 4 is 18.7 Å². The van der Waals surface area contributed by atoms with Crippen LogP contribution < -0.4 is 0 Å². The summed E-state index contributed by atoms with van der Waals surface area (Å²) in [6.45, 7) is -4.66. The lowest BCUT2D eigenvalue weighted by Gasteiger charge is -2.11. The Labute approximate surface area is 62.1 Å². The van der Waals surface area contributed by atoms with E-state index in [0.717, 1.165) is 11.8 Å². The third kappa shape index (κ3) is 8.16. The molecule has 0 amide bonds. The van der Waals surface area contributed by atoms with Gasteiger partial charge in [0, 0.05) is 6.61 Å². The second kappa shape index (κ2) is 4.90. The molecule has 0 aromatic rings. The fourth-order valence-electron chi connectivity index (χ4n) is 0.384. The highest BCUT2D eigenvalue weighted by molar-refractivity contribution is 8.00. The van der Waals surface area contributed by atoms with Crippen LogP contribution in [0, 0.1) is 0 Å². The minimum Gasteiger partial charge on any atom is -0.448 e. The maximum Gasteiger partial charge on any atom is 0.488 e. The topological polar surface area (TPSA) is 20.2 Å². The zero-order valence-corrected chi connectivity index (χ0v) is 6.21. The Morgan fingerprint density at radius 1 is 1.30 bits per heavy atom. The molecule has 62 valence electrons. The summed E-state index contributed by atoms with van der Waals surface area (Å²) < 4.78 is 34.4. The molecule has 1 N–H and O–H groups in total. The van der Waals surface area contributed by atoms with E-state index in [1.807, 2.05) is 0 Å². The van der Waals surface area contributed by atoms with Gasteiger partial charge in [-0.1, -0.05) is 0 Å². The molecule has 0 atom stereocenters. The Balaban J connectivity index is 3.04. The van der Waals surface area contributed by atoms with Crippen molar-refractivity contribution in [3.8, 4) is 0 Å². The summed E-state index contributed by atoms with van der Waals surface area (Å²) in [6, 6.07) is 0. The van der Waals surface area contributed by atoms with Crippen LogP contribution in [0.2, 0.25) is 0 Å². The number of hydrogen-bond acceptors (Lipinski definition) is 2. The van der Waals surface area contributed by atoms with Gasteiger partial charge >= 0.3 is 6.98 Å². The van der Waals surface area contributed by atoms with Crippen LogP contribution in [0.3, 0.4) is 0 Å². The van der Waals surface area contributed by atoms with E-state index in [4.69, 9.17) is 5.11 Å². The predicted molar refractivity (Wildman–Crippen MR) is 38.1 cm³/mol. The van der Waals surface area contributed by atoms with Crippen molar-refractivity contribution in [3.05, 3.63) is 0 Å². The molecule has 0 aliphatic rings. The summed E-state index contributed by atoms with van der Waals surface area (Å²) in [5, 5.41) is 8.21. The van der Waals surface area contributed by atoms with Gasteiger partial charge in [-0.3, -0.25) is 0 Å². The highest BCUT2D eigenvalue weighted by atomic mass is 32.2. The van der Waals surface area contributed by atoms with Gasteiger partial charge in [0.2, 0.25) is 0 Å². The summed E-state index contributed by atoms with van der Waals surface area (Å²) in [5.74, 6) is 0.387. The van der Waals surface area contributed by atoms with Crippen molar-refractivity contribution in [2.45, 2.75) is 6.42 Å². The number of halogens is 3. The van der Waals surface area contributed by atoms with Gasteiger partial charge in [0.15, 0.2) is 0 Å². The highest BCUT2D eigenvalue weighted by Crippen LogP contribution is 2.16. The third-order valence-corrected chi connectivity index (χ3v) is 1.94. The molecule has 0 aliphatic heterocycles. The summed E-state index contributed by atoms with van der Waals surface area (Å²) in [4.78, 5) is 0. The zero-order valence-electron chi connectivity index (χ0n) is 5.40. The van der Waals surface area contributed by atoms with Gasteiger partial charge in [-0.05, 0) is 17.8 Å². The first-order valence-electron chi connectivity index (χ1n) is 2.96. The van der Waals surface area contributed by atoms with E-state index in [1.165, 1.54) is 0 Å². The van der Waals surface area contributed by atoms with Crippen molar-refractivity contribution in [3.63, 3.8) is 0 Å². The van der Waals surface area contributed by atoms with Crippen molar-refractivity contribution in [2.75, 3.05) is 18.0 Å². The van der Waals surface area contributed by atoms with Crippen LogP contribution in [0.1, 0.15) is 6.42 Å². The highest BCUT2D eigenvalue weighted by Gasteiger charge is 2.21. The van der Waals surface area contributed by atoms with Gasteiger partial charge in [0.25, 0.3) is 0 Å². The number of aliphatic hydroxyl groups excluding tert-OH is 1. The number of aliphatic hydroxyl groups is 1. The number of thioether (sulfide) groups is 1. The number of hydrogen-bond donors (Lipinski definition) is 1. The van der Waals surface area contributed by atoms with Crippen LogP contribution in [0.4, 0.5) is 12.9 Å². The molecular weight excluding hydrogens is 164 g/mol. The maximum absolute atomic E-state index is 11.5. The minimum atomic E-state index is -4.63. The Morgan fingerprint density at radius 2 is 1.90 bits per heavy atom. The molecule has 0 saturated heterocycles. The van der Waals surface area contributed by atoms with Crippen molar-refractivity contribution < 1.29 is 18.1 Å². The lowest BCUT2D eigenvalue weighted by molar-refractivity contribution is 0.296. The van der Waals surface area contributed by atoms with Gasteiger partial charge in [0.1, 0.15) is 0 Å². The van der Waals surface area contributed by atoms with Crippen LogP contribution in [0.15, 0.2) is 0 Å². The van der Waals surface area contributed by atoms with E-state index >= 15 is 0 Å². The molecule has 0 rings (SSSR count). The molecule has 0 aliphatic carbocycles. The van der Waals surface area contributed by atoms with E-state index in [0.29, 0.717) is 12.2 Å². The normalized spacial score (nSPS) is 12.0. The van der Waals surface area contributed by atoms with E-state index in [2.05, 4.69) is 0 Å². The number of rotatable bonds is 5. The quantitative estimate of drug-likeness (QED) is 0.502. The van der Waals surface area contributed by atoms with Crippen LogP contribution in [-0.2, 0) is 0 Å². The summed E-state index contributed by atoms with van der Waals surface area (Å²) in [6.07, 6.45) is 0.441. The molecule has 1 nitrogen and oxygen atoms in total. The van der Waals surface area contributed by atoms with Crippen molar-refractivity contribution in [2.24, 2.45) is 0 Å². The lowest BCUT2D eigenvalue weighted by Crippen LogP contribution is -2.19. The van der Waals surface area contributed by atoms with Crippen molar-refractivity contribution in [1.29, 1.82) is 0 Å². The van der Waals surface area contributed by atoms with Crippen LogP contribution in [-0.4, -0.2) is 30.1 Å². The Hall–Kier alpha value is 0.165. The van der Waals surface area contributed by atoms with Gasteiger partial charge in [-0.15, -0.1) is 0 Å². The second-order valence-corrected chi connectivity index (χ2v) is 3.01. The molecule has 0 spiro atoms. The fourth-order valence-corrected chi connectivity index (χ4v) is 1.15. The molecule has 10 heavy (non-hydrogen) atoms. The Morgan fingerprint density at radius 3 is 2.30 bits per heavy atom. The molecule has 0 bridgehead atoms. The minimum absolute atomic E-state index is 0.0299. The molecule has 0 saturated carbocycles. The van der Waals surface area contributed by atoms with Gasteiger partial charge in [0.05, 0.1) is 0 Å². The molecule has 0 radical (unpaired) electrons. The lowest BCUT2D eigenvalue weighted by atomic mass is 9.98. The molecule has 0 heterocycles. The van der Waals surface area contributed by atoms with E-state index in [9.17, 15) is 12.9 Å². The fraction of sp³-hybridized carbons (Fsp3) is 1.00. The largest absolute Gasteiger partial charge is 0.488 e. The second-order valence-electron chi connectivity index (χ2n) is 1.86. The molecule has 0 fully saturated rings. The Kier molecular flexibility index (Phi) is 4.98. The van der Waals surface area contributed by atoms with Crippen LogP contribution in [0.5, 0.6) is 0 Å². The van der Waals surface area contributed by atoms with Gasteiger partial charge in [-0.2, -0.15) is 11.8 Å². The van der Waals surface area contributed by atoms with Crippen LogP contribution in [0.25, 0.3) is 0 Å². The third-order valence-electron chi connectivity index (χ3n) is 0.754. The summed E-state index contributed by atoms with van der Waals surface area (Å²) in [7, 11) is 0. The average Bonchev–Trinajstić information content (AvgIpc) is 1.78. The van der Waals surface area contributed by atoms with Gasteiger partial charge in [-0.25, -0.2) is 0 Å². The molecule has 0 aromatic carbocycles. The molecule has 6 heteroatoms. The maximum atomic E-state index is 11.5. The zero-order chi connectivity index (χ0) is 8.04. The first-order chi connectivity index (χ1) is 4.56. The van der Waals surface area contributed by atoms with E-state index < -0.39 is 12.6 Å². The molecule has 0 aromatic heterocycles. The Bertz CT molecular complexity index is 87.1. The van der Waals surface area contributed by atoms with Crippen LogP contribution >= 0.6 is 11.8 Å². The SMILES string of the molecule is OCCCSC[B-](F)(F)F. The predicted octanol–water partition coefficient (Wildman–Crippen LogP) is 1.49.